The number of hydrogen-bond donors (Lipinski definition) is 1. The molecule has 0 saturated heterocycles. The zero-order chi connectivity index (χ0) is 14.9. The lowest BCUT2D eigenvalue weighted by Gasteiger charge is -2.13. The fraction of sp³-hybridized carbons (Fsp3) is 0.333. The highest BCUT2D eigenvalue weighted by Crippen LogP contribution is 2.27. The zero-order valence-corrected chi connectivity index (χ0v) is 14.3. The Morgan fingerprint density at radius 2 is 1.85 bits per heavy atom. The molecule has 1 N–H and O–H groups in total. The van der Waals surface area contributed by atoms with Crippen LogP contribution in [-0.4, -0.2) is 9.97 Å². The summed E-state index contributed by atoms with van der Waals surface area (Å²) >= 11 is 9.69. The molecule has 106 valence electrons. The molecule has 3 nitrogen and oxygen atoms in total. The van der Waals surface area contributed by atoms with E-state index < -0.39 is 0 Å². The van der Waals surface area contributed by atoms with Gasteiger partial charge in [-0.05, 0) is 37.6 Å². The number of anilines is 2. The van der Waals surface area contributed by atoms with Crippen molar-refractivity contribution in [1.29, 1.82) is 0 Å². The predicted octanol–water partition coefficient (Wildman–Crippen LogP) is 5.38. The molecule has 1 aromatic heterocycles. The molecule has 2 aromatic rings. The Bertz CT molecular complexity index is 621. The summed E-state index contributed by atoms with van der Waals surface area (Å²) in [5.41, 5.74) is 3.00. The van der Waals surface area contributed by atoms with Crippen LogP contribution in [0, 0.1) is 13.8 Å². The maximum atomic E-state index is 6.19. The monoisotopic (exact) mass is 353 g/mol. The minimum Gasteiger partial charge on any atom is -0.340 e. The molecular weight excluding hydrogens is 338 g/mol. The fourth-order valence-electron chi connectivity index (χ4n) is 1.83. The van der Waals surface area contributed by atoms with Crippen molar-refractivity contribution < 1.29 is 0 Å². The Hall–Kier alpha value is -1.13. The van der Waals surface area contributed by atoms with Crippen LogP contribution in [-0.2, 0) is 0 Å². The van der Waals surface area contributed by atoms with Gasteiger partial charge in [-0.1, -0.05) is 41.4 Å². The first kappa shape index (κ1) is 15.3. The van der Waals surface area contributed by atoms with Gasteiger partial charge in [0.15, 0.2) is 0 Å². The van der Waals surface area contributed by atoms with E-state index in [4.69, 9.17) is 11.6 Å². The molecule has 0 aliphatic rings. The predicted molar refractivity (Wildman–Crippen MR) is 88.0 cm³/mol. The van der Waals surface area contributed by atoms with Gasteiger partial charge in [-0.2, -0.15) is 0 Å². The normalized spacial score (nSPS) is 10.9. The number of halogens is 2. The second-order valence-corrected chi connectivity index (χ2v) is 6.42. The van der Waals surface area contributed by atoms with E-state index in [-0.39, 0.29) is 5.92 Å². The molecule has 20 heavy (non-hydrogen) atoms. The van der Waals surface area contributed by atoms with Gasteiger partial charge >= 0.3 is 0 Å². The summed E-state index contributed by atoms with van der Waals surface area (Å²) in [5.74, 6) is 1.74. The first-order chi connectivity index (χ1) is 9.36. The van der Waals surface area contributed by atoms with Crippen LogP contribution in [0.5, 0.6) is 0 Å². The Labute approximate surface area is 132 Å². The molecule has 1 heterocycles. The van der Waals surface area contributed by atoms with Gasteiger partial charge in [0.05, 0.1) is 0 Å². The van der Waals surface area contributed by atoms with Gasteiger partial charge in [-0.25, -0.2) is 9.97 Å². The van der Waals surface area contributed by atoms with Crippen molar-refractivity contribution in [2.24, 2.45) is 0 Å². The molecule has 0 bridgehead atoms. The van der Waals surface area contributed by atoms with Gasteiger partial charge in [0, 0.05) is 21.6 Å². The van der Waals surface area contributed by atoms with Crippen molar-refractivity contribution in [3.63, 3.8) is 0 Å². The summed E-state index contributed by atoms with van der Waals surface area (Å²) < 4.78 is 1.03. The smallest absolute Gasteiger partial charge is 0.138 e. The van der Waals surface area contributed by atoms with E-state index in [1.54, 1.807) is 0 Å². The number of aromatic nitrogens is 2. The lowest BCUT2D eigenvalue weighted by atomic mass is 10.2. The Kier molecular flexibility index (Phi) is 4.66. The van der Waals surface area contributed by atoms with E-state index in [2.05, 4.69) is 50.3 Å². The van der Waals surface area contributed by atoms with Crippen molar-refractivity contribution in [1.82, 2.24) is 9.97 Å². The minimum atomic E-state index is 0.234. The largest absolute Gasteiger partial charge is 0.340 e. The van der Waals surface area contributed by atoms with E-state index >= 15 is 0 Å². The van der Waals surface area contributed by atoms with E-state index in [1.165, 1.54) is 5.56 Å². The maximum Gasteiger partial charge on any atom is 0.138 e. The van der Waals surface area contributed by atoms with Crippen LogP contribution in [0.2, 0.25) is 5.15 Å². The molecule has 0 saturated carbocycles. The number of nitrogens with zero attached hydrogens (tertiary/aromatic N) is 2. The maximum absolute atomic E-state index is 6.19. The van der Waals surface area contributed by atoms with Crippen LogP contribution < -0.4 is 5.32 Å². The second kappa shape index (κ2) is 6.10. The van der Waals surface area contributed by atoms with Gasteiger partial charge in [0.25, 0.3) is 0 Å². The summed E-state index contributed by atoms with van der Waals surface area (Å²) in [6.45, 7) is 8.07. The van der Waals surface area contributed by atoms with Crippen LogP contribution in [0.4, 0.5) is 11.5 Å². The summed E-state index contributed by atoms with van der Waals surface area (Å²) in [5, 5.41) is 3.82. The quantitative estimate of drug-likeness (QED) is 0.752. The average molecular weight is 355 g/mol. The molecule has 1 aromatic carbocycles. The molecule has 5 heteroatoms. The number of rotatable bonds is 3. The molecule has 0 radical (unpaired) electrons. The first-order valence-electron chi connectivity index (χ1n) is 6.45. The molecule has 0 spiro atoms. The van der Waals surface area contributed by atoms with Crippen molar-refractivity contribution in [2.75, 3.05) is 5.32 Å². The number of benzene rings is 1. The summed E-state index contributed by atoms with van der Waals surface area (Å²) in [6, 6.07) is 6.14. The standard InChI is InChI=1S/C15H17BrClN3/c1-8(2)14-19-13(17)10(4)15(20-14)18-12-6-9(3)5-11(16)7-12/h5-8H,1-4H3,(H,18,19,20). The average Bonchev–Trinajstić information content (AvgIpc) is 2.33. The van der Waals surface area contributed by atoms with Crippen LogP contribution in [0.15, 0.2) is 22.7 Å². The third-order valence-corrected chi connectivity index (χ3v) is 3.75. The Morgan fingerprint density at radius 1 is 1.15 bits per heavy atom. The SMILES string of the molecule is Cc1cc(Br)cc(Nc2nc(C(C)C)nc(Cl)c2C)c1. The number of aryl methyl sites for hydroxylation is 1. The molecule has 0 atom stereocenters. The third kappa shape index (κ3) is 3.49. The van der Waals surface area contributed by atoms with Crippen LogP contribution in [0.3, 0.4) is 0 Å². The lowest BCUT2D eigenvalue weighted by Crippen LogP contribution is -2.05. The van der Waals surface area contributed by atoms with Crippen molar-refractivity contribution in [2.45, 2.75) is 33.6 Å². The highest BCUT2D eigenvalue weighted by atomic mass is 79.9. The Morgan fingerprint density at radius 3 is 2.45 bits per heavy atom. The lowest BCUT2D eigenvalue weighted by molar-refractivity contribution is 0.773. The molecule has 2 rings (SSSR count). The van der Waals surface area contributed by atoms with Gasteiger partial charge < -0.3 is 5.32 Å². The third-order valence-electron chi connectivity index (χ3n) is 2.92. The van der Waals surface area contributed by atoms with Gasteiger partial charge in [-0.15, -0.1) is 0 Å². The minimum absolute atomic E-state index is 0.234. The number of nitrogens with one attached hydrogen (secondary N) is 1. The van der Waals surface area contributed by atoms with Gasteiger partial charge in [-0.3, -0.25) is 0 Å². The van der Waals surface area contributed by atoms with E-state index in [1.807, 2.05) is 26.8 Å². The summed E-state index contributed by atoms with van der Waals surface area (Å²) in [7, 11) is 0. The first-order valence-corrected chi connectivity index (χ1v) is 7.62. The highest BCUT2D eigenvalue weighted by molar-refractivity contribution is 9.10. The fourth-order valence-corrected chi connectivity index (χ4v) is 2.61. The van der Waals surface area contributed by atoms with Crippen molar-refractivity contribution >= 4 is 39.0 Å². The number of hydrogen-bond acceptors (Lipinski definition) is 3. The van der Waals surface area contributed by atoms with Crippen molar-refractivity contribution in [3.8, 4) is 0 Å². The summed E-state index contributed by atoms with van der Waals surface area (Å²) in [6.07, 6.45) is 0. The molecule has 0 fully saturated rings. The topological polar surface area (TPSA) is 37.8 Å². The van der Waals surface area contributed by atoms with E-state index in [0.29, 0.717) is 5.15 Å². The molecule has 0 amide bonds. The molecular formula is C15H17BrClN3. The van der Waals surface area contributed by atoms with Gasteiger partial charge in [0.1, 0.15) is 16.8 Å². The van der Waals surface area contributed by atoms with Crippen LogP contribution in [0.25, 0.3) is 0 Å². The Balaban J connectivity index is 2.42. The van der Waals surface area contributed by atoms with E-state index in [0.717, 1.165) is 27.4 Å². The second-order valence-electron chi connectivity index (χ2n) is 5.14. The van der Waals surface area contributed by atoms with Crippen molar-refractivity contribution in [3.05, 3.63) is 44.8 Å². The molecule has 0 aliphatic heterocycles. The van der Waals surface area contributed by atoms with E-state index in [9.17, 15) is 0 Å². The molecule has 0 aliphatic carbocycles. The zero-order valence-electron chi connectivity index (χ0n) is 12.0. The van der Waals surface area contributed by atoms with Gasteiger partial charge in [0.2, 0.25) is 0 Å². The van der Waals surface area contributed by atoms with Crippen LogP contribution in [0.1, 0.15) is 36.7 Å². The molecule has 0 unspecified atom stereocenters. The summed E-state index contributed by atoms with van der Waals surface area (Å²) in [4.78, 5) is 8.88. The highest BCUT2D eigenvalue weighted by Gasteiger charge is 2.12. The van der Waals surface area contributed by atoms with Crippen LogP contribution >= 0.6 is 27.5 Å².